The summed E-state index contributed by atoms with van der Waals surface area (Å²) in [5, 5.41) is 15.9. The largest absolute Gasteiger partial charge is 0.393 e. The average Bonchev–Trinajstić information content (AvgIpc) is 3.15. The lowest BCUT2D eigenvalue weighted by molar-refractivity contribution is -0.128. The number of carbonyl (C=O) groups is 1. The number of nitrogens with one attached hydrogen (secondary N) is 2. The number of amides is 1. The number of aliphatic hydroxyl groups is 1. The van der Waals surface area contributed by atoms with E-state index in [9.17, 15) is 23.1 Å². The van der Waals surface area contributed by atoms with Crippen LogP contribution in [-0.2, 0) is 4.79 Å². The number of anilines is 3. The fourth-order valence-electron chi connectivity index (χ4n) is 5.31. The van der Waals surface area contributed by atoms with Crippen LogP contribution in [0.3, 0.4) is 0 Å². The number of aromatic nitrogens is 2. The van der Waals surface area contributed by atoms with Crippen LogP contribution in [0.2, 0.25) is 0 Å². The molecule has 38 heavy (non-hydrogen) atoms. The summed E-state index contributed by atoms with van der Waals surface area (Å²) >= 11 is 0. The second-order valence-electron chi connectivity index (χ2n) is 10.5. The summed E-state index contributed by atoms with van der Waals surface area (Å²) < 4.78 is 44.3. The Hall–Kier alpha value is -3.41. The van der Waals surface area contributed by atoms with Crippen LogP contribution < -0.4 is 16.4 Å². The third-order valence-corrected chi connectivity index (χ3v) is 7.65. The maximum atomic E-state index is 14.5. The van der Waals surface area contributed by atoms with Gasteiger partial charge in [-0.1, -0.05) is 6.92 Å². The summed E-state index contributed by atoms with van der Waals surface area (Å²) in [5.74, 6) is -2.73. The monoisotopic (exact) mass is 533 g/mol. The molecule has 0 spiro atoms. The highest BCUT2D eigenvalue weighted by atomic mass is 19.1. The number of halogens is 3. The number of aliphatic hydroxyl groups excluding tert-OH is 1. The SMILES string of the molecule is C=NC(=N[C@@H]1CCC[C@H](O)C1)Nc1c(C)nc(Nc2c(F)cc(F)cc2F)n1C1CCC(C)(C(N)=O)CC1. The van der Waals surface area contributed by atoms with Crippen LogP contribution >= 0.6 is 0 Å². The number of guanidine groups is 1. The molecule has 0 unspecified atom stereocenters. The summed E-state index contributed by atoms with van der Waals surface area (Å²) in [6.07, 6.45) is 4.62. The number of aliphatic imine (C=N–C) groups is 2. The van der Waals surface area contributed by atoms with E-state index in [1.54, 1.807) is 11.5 Å². The molecule has 4 rings (SSSR count). The zero-order valence-corrected chi connectivity index (χ0v) is 21.6. The van der Waals surface area contributed by atoms with E-state index < -0.39 is 34.7 Å². The molecule has 1 aromatic heterocycles. The highest BCUT2D eigenvalue weighted by Crippen LogP contribution is 2.44. The summed E-state index contributed by atoms with van der Waals surface area (Å²) in [7, 11) is 0. The third-order valence-electron chi connectivity index (χ3n) is 7.65. The first kappa shape index (κ1) is 27.6. The predicted octanol–water partition coefficient (Wildman–Crippen LogP) is 4.73. The van der Waals surface area contributed by atoms with Gasteiger partial charge in [-0.3, -0.25) is 9.36 Å². The number of aryl methyl sites for hydroxylation is 1. The molecule has 2 saturated carbocycles. The van der Waals surface area contributed by atoms with Crippen molar-refractivity contribution in [1.29, 1.82) is 0 Å². The molecule has 206 valence electrons. The first-order chi connectivity index (χ1) is 18.0. The molecule has 2 aliphatic carbocycles. The minimum Gasteiger partial charge on any atom is -0.393 e. The van der Waals surface area contributed by atoms with Gasteiger partial charge in [0.1, 0.15) is 17.3 Å². The van der Waals surface area contributed by atoms with E-state index in [2.05, 4.69) is 32.3 Å². The zero-order valence-electron chi connectivity index (χ0n) is 21.6. The molecule has 2 aliphatic rings. The minimum atomic E-state index is -1.10. The fourth-order valence-corrected chi connectivity index (χ4v) is 5.31. The number of benzene rings is 1. The number of primary amides is 1. The van der Waals surface area contributed by atoms with Gasteiger partial charge in [-0.2, -0.15) is 0 Å². The normalized spacial score (nSPS) is 26.2. The van der Waals surface area contributed by atoms with Gasteiger partial charge in [0.25, 0.3) is 0 Å². The maximum absolute atomic E-state index is 14.5. The van der Waals surface area contributed by atoms with E-state index in [0.717, 1.165) is 19.3 Å². The first-order valence-electron chi connectivity index (χ1n) is 12.8. The van der Waals surface area contributed by atoms with E-state index in [4.69, 9.17) is 5.73 Å². The molecule has 1 heterocycles. The van der Waals surface area contributed by atoms with Crippen LogP contribution in [0.1, 0.15) is 70.0 Å². The topological polar surface area (TPSA) is 130 Å². The van der Waals surface area contributed by atoms with Crippen molar-refractivity contribution in [3.63, 3.8) is 0 Å². The van der Waals surface area contributed by atoms with Gasteiger partial charge in [-0.15, -0.1) is 0 Å². The number of nitrogens with two attached hydrogens (primary N) is 1. The van der Waals surface area contributed by atoms with Crippen molar-refractivity contribution < 1.29 is 23.1 Å². The molecule has 0 saturated heterocycles. The number of hydrogen-bond acceptors (Lipinski definition) is 5. The van der Waals surface area contributed by atoms with Gasteiger partial charge in [0.2, 0.25) is 17.8 Å². The molecule has 2 aromatic rings. The van der Waals surface area contributed by atoms with Gasteiger partial charge < -0.3 is 21.5 Å². The fraction of sp³-hybridized carbons (Fsp3) is 0.538. The second kappa shape index (κ2) is 11.1. The smallest absolute Gasteiger partial charge is 0.223 e. The van der Waals surface area contributed by atoms with E-state index in [-0.39, 0.29) is 29.9 Å². The number of imidazole rings is 1. The molecule has 2 atom stereocenters. The highest BCUT2D eigenvalue weighted by molar-refractivity contribution is 5.96. The lowest BCUT2D eigenvalue weighted by Gasteiger charge is -2.36. The van der Waals surface area contributed by atoms with E-state index in [1.165, 1.54) is 0 Å². The summed E-state index contributed by atoms with van der Waals surface area (Å²) in [5.41, 5.74) is 4.94. The van der Waals surface area contributed by atoms with Crippen LogP contribution in [0.25, 0.3) is 0 Å². The number of nitrogens with zero attached hydrogens (tertiary/aromatic N) is 4. The zero-order chi connectivity index (χ0) is 27.6. The Labute approximate surface area is 219 Å². The summed E-state index contributed by atoms with van der Waals surface area (Å²) in [4.78, 5) is 25.2. The molecule has 12 heteroatoms. The molecule has 0 aliphatic heterocycles. The van der Waals surface area contributed by atoms with Crippen LogP contribution in [-0.4, -0.2) is 45.4 Å². The summed E-state index contributed by atoms with van der Waals surface area (Å²) in [6, 6.07) is 0.848. The van der Waals surface area contributed by atoms with Crippen LogP contribution in [0.15, 0.2) is 22.1 Å². The number of rotatable bonds is 6. The number of hydrogen-bond donors (Lipinski definition) is 4. The molecule has 1 amide bonds. The maximum Gasteiger partial charge on any atom is 0.223 e. The van der Waals surface area contributed by atoms with Crippen molar-refractivity contribution in [2.45, 2.75) is 83.4 Å². The van der Waals surface area contributed by atoms with Crippen LogP contribution in [0, 0.1) is 29.8 Å². The first-order valence-corrected chi connectivity index (χ1v) is 12.8. The van der Waals surface area contributed by atoms with Gasteiger partial charge in [0.15, 0.2) is 11.6 Å². The molecule has 2 fully saturated rings. The molecule has 9 nitrogen and oxygen atoms in total. The van der Waals surface area contributed by atoms with Gasteiger partial charge in [0.05, 0.1) is 17.8 Å². The lowest BCUT2D eigenvalue weighted by Crippen LogP contribution is -2.38. The van der Waals surface area contributed by atoms with Crippen LogP contribution in [0.4, 0.5) is 30.6 Å². The van der Waals surface area contributed by atoms with E-state index in [0.29, 0.717) is 55.7 Å². The van der Waals surface area contributed by atoms with Crippen molar-refractivity contribution in [1.82, 2.24) is 9.55 Å². The van der Waals surface area contributed by atoms with Gasteiger partial charge in [-0.25, -0.2) is 28.1 Å². The highest BCUT2D eigenvalue weighted by Gasteiger charge is 2.38. The van der Waals surface area contributed by atoms with Crippen molar-refractivity contribution >= 4 is 36.0 Å². The summed E-state index contributed by atoms with van der Waals surface area (Å²) in [6.45, 7) is 7.18. The Bertz CT molecular complexity index is 1210. The van der Waals surface area contributed by atoms with Gasteiger partial charge in [-0.05, 0) is 65.0 Å². The minimum absolute atomic E-state index is 0.130. The molecular formula is C26H34F3N7O2. The van der Waals surface area contributed by atoms with E-state index in [1.807, 2.05) is 6.92 Å². The van der Waals surface area contributed by atoms with Crippen LogP contribution in [0.5, 0.6) is 0 Å². The Balaban J connectivity index is 1.71. The second-order valence-corrected chi connectivity index (χ2v) is 10.5. The Morgan fingerprint density at radius 1 is 1.21 bits per heavy atom. The molecule has 5 N–H and O–H groups in total. The predicted molar refractivity (Wildman–Crippen MR) is 140 cm³/mol. The Morgan fingerprint density at radius 2 is 1.87 bits per heavy atom. The molecule has 0 bridgehead atoms. The van der Waals surface area contributed by atoms with Gasteiger partial charge in [0, 0.05) is 23.6 Å². The van der Waals surface area contributed by atoms with Crippen molar-refractivity contribution in [3.8, 4) is 0 Å². The van der Waals surface area contributed by atoms with Gasteiger partial charge >= 0.3 is 0 Å². The lowest BCUT2D eigenvalue weighted by atomic mass is 9.73. The Morgan fingerprint density at radius 3 is 2.45 bits per heavy atom. The molecule has 0 radical (unpaired) electrons. The van der Waals surface area contributed by atoms with Crippen molar-refractivity contribution in [2.75, 3.05) is 10.6 Å². The third kappa shape index (κ3) is 5.85. The molecular weight excluding hydrogens is 499 g/mol. The quantitative estimate of drug-likeness (QED) is 0.315. The van der Waals surface area contributed by atoms with Crippen molar-refractivity contribution in [2.24, 2.45) is 21.1 Å². The number of carbonyl (C=O) groups excluding carboxylic acids is 1. The van der Waals surface area contributed by atoms with E-state index >= 15 is 0 Å². The average molecular weight is 534 g/mol. The molecule has 1 aromatic carbocycles. The van der Waals surface area contributed by atoms with Crippen molar-refractivity contribution in [3.05, 3.63) is 35.3 Å². The standard InChI is InChI=1S/C26H34F3N7O2/c1-14-22(35-24(31-3)33-16-5-4-6-18(37)13-16)36(17-7-9-26(2,10-8-17)23(30)38)25(32-14)34-21-19(28)11-15(27)12-20(21)29/h11-12,16-18,37H,3-10,13H2,1-2H3,(H2,30,38)(H,32,34)(H,33,35)/t16-,17?,18+,26?/m1/s1. The Kier molecular flexibility index (Phi) is 8.10.